The number of benzene rings is 1. The highest BCUT2D eigenvalue weighted by Gasteiger charge is 2.23. The molecule has 0 aliphatic carbocycles. The van der Waals surface area contributed by atoms with Gasteiger partial charge in [0.1, 0.15) is 0 Å². The molecule has 0 atom stereocenters. The fraction of sp³-hybridized carbons (Fsp3) is 0.462. The number of aryl methyl sites for hydroxylation is 1. The Kier molecular flexibility index (Phi) is 3.99. The van der Waals surface area contributed by atoms with Crippen molar-refractivity contribution in [1.29, 1.82) is 0 Å². The number of hydrogen-bond donors (Lipinski definition) is 0. The van der Waals surface area contributed by atoms with Crippen LogP contribution in [-0.4, -0.2) is 48.5 Å². The Morgan fingerprint density at radius 1 is 1.32 bits per heavy atom. The zero-order valence-corrected chi connectivity index (χ0v) is 10.9. The van der Waals surface area contributed by atoms with Crippen molar-refractivity contribution < 1.29 is 9.72 Å². The fourth-order valence-corrected chi connectivity index (χ4v) is 2.25. The number of nitrogens with zero attached hydrogens (tertiary/aromatic N) is 3. The van der Waals surface area contributed by atoms with Crippen molar-refractivity contribution in [1.82, 2.24) is 4.90 Å². The van der Waals surface area contributed by atoms with Gasteiger partial charge in [-0.25, -0.2) is 0 Å². The van der Waals surface area contributed by atoms with Gasteiger partial charge in [-0.2, -0.15) is 0 Å². The molecule has 0 spiro atoms. The summed E-state index contributed by atoms with van der Waals surface area (Å²) in [7, 11) is 0. The van der Waals surface area contributed by atoms with Crippen molar-refractivity contribution in [2.75, 3.05) is 37.6 Å². The first-order chi connectivity index (χ1) is 9.06. The minimum atomic E-state index is -0.607. The number of anilines is 1. The Morgan fingerprint density at radius 3 is 2.58 bits per heavy atom. The predicted octanol–water partition coefficient (Wildman–Crippen LogP) is 0.920. The Balaban J connectivity index is 1.92. The molecule has 6 nitrogen and oxygen atoms in total. The average Bonchev–Trinajstić information content (AvgIpc) is 2.38. The van der Waals surface area contributed by atoms with Crippen LogP contribution in [0.15, 0.2) is 24.3 Å². The summed E-state index contributed by atoms with van der Waals surface area (Å²) in [5, 5.41) is 10.3. The van der Waals surface area contributed by atoms with Gasteiger partial charge in [0, 0.05) is 36.8 Å². The third kappa shape index (κ3) is 3.43. The molecule has 0 unspecified atom stereocenters. The third-order valence-electron chi connectivity index (χ3n) is 3.26. The van der Waals surface area contributed by atoms with Crippen LogP contribution in [0.5, 0.6) is 0 Å². The highest BCUT2D eigenvalue weighted by molar-refractivity contribution is 5.77. The van der Waals surface area contributed by atoms with Gasteiger partial charge in [0.15, 0.2) is 0 Å². The summed E-state index contributed by atoms with van der Waals surface area (Å²) in [4.78, 5) is 25.1. The number of carbonyl (C=O) groups is 1. The molecule has 1 amide bonds. The van der Waals surface area contributed by atoms with Gasteiger partial charge < -0.3 is 9.80 Å². The van der Waals surface area contributed by atoms with E-state index in [-0.39, 0.29) is 0 Å². The van der Waals surface area contributed by atoms with Crippen molar-refractivity contribution in [3.63, 3.8) is 0 Å². The second-order valence-electron chi connectivity index (χ2n) is 4.70. The molecule has 0 bridgehead atoms. The molecule has 19 heavy (non-hydrogen) atoms. The molecule has 0 N–H and O–H groups in total. The molecule has 0 aromatic heterocycles. The Hall–Kier alpha value is -2.11. The lowest BCUT2D eigenvalue weighted by Crippen LogP contribution is -2.50. The van der Waals surface area contributed by atoms with E-state index >= 15 is 0 Å². The van der Waals surface area contributed by atoms with E-state index in [1.165, 1.54) is 5.56 Å². The zero-order valence-electron chi connectivity index (χ0n) is 10.9. The smallest absolute Gasteiger partial charge is 0.294 e. The Morgan fingerprint density at radius 2 is 2.00 bits per heavy atom. The maximum absolute atomic E-state index is 11.6. The van der Waals surface area contributed by atoms with Gasteiger partial charge in [0.2, 0.25) is 0 Å². The molecule has 1 heterocycles. The lowest BCUT2D eigenvalue weighted by molar-refractivity contribution is -0.468. The number of hydrogen-bond acceptors (Lipinski definition) is 4. The first-order valence-corrected chi connectivity index (χ1v) is 6.27. The van der Waals surface area contributed by atoms with E-state index in [1.54, 1.807) is 4.90 Å². The van der Waals surface area contributed by atoms with E-state index in [2.05, 4.69) is 11.0 Å². The van der Waals surface area contributed by atoms with Crippen molar-refractivity contribution in [2.24, 2.45) is 0 Å². The SMILES string of the molecule is Cc1cccc(N2CCN(C(=O)C[N+](=O)[O-])CC2)c1. The van der Waals surface area contributed by atoms with E-state index in [9.17, 15) is 14.9 Å². The van der Waals surface area contributed by atoms with Gasteiger partial charge in [-0.05, 0) is 24.6 Å². The van der Waals surface area contributed by atoms with Crippen LogP contribution < -0.4 is 4.90 Å². The molecule has 1 aliphatic rings. The van der Waals surface area contributed by atoms with Crippen molar-refractivity contribution in [3.05, 3.63) is 39.9 Å². The molecule has 2 rings (SSSR count). The Labute approximate surface area is 111 Å². The lowest BCUT2D eigenvalue weighted by Gasteiger charge is -2.35. The molecule has 6 heteroatoms. The van der Waals surface area contributed by atoms with Crippen LogP contribution in [0.25, 0.3) is 0 Å². The van der Waals surface area contributed by atoms with Gasteiger partial charge in [0.05, 0.1) is 0 Å². The number of amides is 1. The molecule has 0 radical (unpaired) electrons. The summed E-state index contributed by atoms with van der Waals surface area (Å²) in [6.45, 7) is 3.95. The average molecular weight is 263 g/mol. The highest BCUT2D eigenvalue weighted by atomic mass is 16.6. The summed E-state index contributed by atoms with van der Waals surface area (Å²) < 4.78 is 0. The van der Waals surface area contributed by atoms with Crippen molar-refractivity contribution in [2.45, 2.75) is 6.92 Å². The molecule has 1 aromatic carbocycles. The number of nitro groups is 1. The molecular weight excluding hydrogens is 246 g/mol. The first-order valence-electron chi connectivity index (χ1n) is 6.27. The van der Waals surface area contributed by atoms with Gasteiger partial charge in [-0.15, -0.1) is 0 Å². The lowest BCUT2D eigenvalue weighted by atomic mass is 10.2. The summed E-state index contributed by atoms with van der Waals surface area (Å²) in [6, 6.07) is 8.20. The van der Waals surface area contributed by atoms with Crippen LogP contribution in [0.4, 0.5) is 5.69 Å². The topological polar surface area (TPSA) is 66.7 Å². The summed E-state index contributed by atoms with van der Waals surface area (Å²) >= 11 is 0. The maximum Gasteiger partial charge on any atom is 0.294 e. The monoisotopic (exact) mass is 263 g/mol. The van der Waals surface area contributed by atoms with Gasteiger partial charge in [0.25, 0.3) is 12.5 Å². The maximum atomic E-state index is 11.6. The standard InChI is InChI=1S/C13H17N3O3/c1-11-3-2-4-12(9-11)14-5-7-15(8-6-14)13(17)10-16(18)19/h2-4,9H,5-8,10H2,1H3. The third-order valence-corrected chi connectivity index (χ3v) is 3.26. The van der Waals surface area contributed by atoms with Crippen LogP contribution in [0.1, 0.15) is 5.56 Å². The van der Waals surface area contributed by atoms with Crippen LogP contribution in [0.3, 0.4) is 0 Å². The van der Waals surface area contributed by atoms with Gasteiger partial charge >= 0.3 is 0 Å². The van der Waals surface area contributed by atoms with Crippen LogP contribution in [0, 0.1) is 17.0 Å². The van der Waals surface area contributed by atoms with E-state index in [0.29, 0.717) is 26.2 Å². The summed E-state index contributed by atoms with van der Waals surface area (Å²) in [5.74, 6) is -0.395. The van der Waals surface area contributed by atoms with E-state index < -0.39 is 17.4 Å². The quantitative estimate of drug-likeness (QED) is 0.601. The van der Waals surface area contributed by atoms with Crippen molar-refractivity contribution >= 4 is 11.6 Å². The minimum absolute atomic E-state index is 0.395. The molecular formula is C13H17N3O3. The zero-order chi connectivity index (χ0) is 13.8. The molecule has 0 saturated carbocycles. The number of carbonyl (C=O) groups excluding carboxylic acids is 1. The second-order valence-corrected chi connectivity index (χ2v) is 4.70. The summed E-state index contributed by atoms with van der Waals surface area (Å²) in [6.07, 6.45) is 0. The van der Waals surface area contributed by atoms with Crippen LogP contribution >= 0.6 is 0 Å². The second kappa shape index (κ2) is 5.69. The molecule has 1 saturated heterocycles. The normalized spacial score (nSPS) is 15.4. The van der Waals surface area contributed by atoms with E-state index in [4.69, 9.17) is 0 Å². The van der Waals surface area contributed by atoms with Crippen molar-refractivity contribution in [3.8, 4) is 0 Å². The highest BCUT2D eigenvalue weighted by Crippen LogP contribution is 2.17. The molecule has 1 aromatic rings. The predicted molar refractivity (Wildman–Crippen MR) is 71.8 cm³/mol. The van der Waals surface area contributed by atoms with Gasteiger partial charge in [-0.3, -0.25) is 14.9 Å². The largest absolute Gasteiger partial charge is 0.368 e. The molecule has 1 fully saturated rings. The number of rotatable bonds is 3. The minimum Gasteiger partial charge on any atom is -0.368 e. The van der Waals surface area contributed by atoms with E-state index in [0.717, 1.165) is 5.69 Å². The Bertz CT molecular complexity index is 482. The number of piperazine rings is 1. The van der Waals surface area contributed by atoms with Gasteiger partial charge in [-0.1, -0.05) is 12.1 Å². The van der Waals surface area contributed by atoms with Crippen LogP contribution in [0.2, 0.25) is 0 Å². The molecule has 1 aliphatic heterocycles. The van der Waals surface area contributed by atoms with E-state index in [1.807, 2.05) is 25.1 Å². The summed E-state index contributed by atoms with van der Waals surface area (Å²) in [5.41, 5.74) is 2.34. The first kappa shape index (κ1) is 13.3. The van der Waals surface area contributed by atoms with Crippen LogP contribution in [-0.2, 0) is 4.79 Å². The molecule has 102 valence electrons. The fourth-order valence-electron chi connectivity index (χ4n) is 2.25.